The third kappa shape index (κ3) is 3.75. The average molecular weight is 315 g/mol. The number of benzene rings is 1. The zero-order valence-electron chi connectivity index (χ0n) is 11.0. The maximum absolute atomic E-state index is 12.4. The van der Waals surface area contributed by atoms with Gasteiger partial charge in [-0.05, 0) is 42.8 Å². The molecule has 1 aromatic carbocycles. The van der Waals surface area contributed by atoms with E-state index in [1.54, 1.807) is 13.0 Å². The van der Waals surface area contributed by atoms with E-state index in [0.29, 0.717) is 12.2 Å². The Labute approximate surface area is 123 Å². The Bertz CT molecular complexity index is 647. The topological polar surface area (TPSA) is 49.3 Å². The van der Waals surface area contributed by atoms with Crippen LogP contribution in [-0.2, 0) is 12.7 Å². The van der Waals surface area contributed by atoms with Crippen molar-refractivity contribution < 1.29 is 23.1 Å². The van der Waals surface area contributed by atoms with Gasteiger partial charge in [-0.25, -0.2) is 4.79 Å². The lowest BCUT2D eigenvalue weighted by molar-refractivity contribution is -0.137. The molecule has 0 spiro atoms. The summed E-state index contributed by atoms with van der Waals surface area (Å²) < 4.78 is 37.3. The Balaban J connectivity index is 2.05. The van der Waals surface area contributed by atoms with Gasteiger partial charge in [-0.3, -0.25) is 0 Å². The first-order chi connectivity index (χ1) is 9.77. The Kier molecular flexibility index (Phi) is 4.22. The second kappa shape index (κ2) is 5.77. The fourth-order valence-corrected chi connectivity index (χ4v) is 2.66. The molecule has 3 nitrogen and oxygen atoms in total. The Morgan fingerprint density at radius 3 is 2.38 bits per heavy atom. The lowest BCUT2D eigenvalue weighted by Gasteiger charge is -2.09. The standard InChI is InChI=1S/C14H12F3NO2S/c1-8-9(6-12(21-8)13(19)20)7-18-11-4-2-10(3-5-11)14(15,16)17/h2-6,18H,7H2,1H3,(H,19,20). The number of alkyl halides is 3. The second-order valence-electron chi connectivity index (χ2n) is 4.43. The van der Waals surface area contributed by atoms with Gasteiger partial charge in [0.2, 0.25) is 0 Å². The van der Waals surface area contributed by atoms with E-state index in [1.807, 2.05) is 0 Å². The molecule has 2 N–H and O–H groups in total. The van der Waals surface area contributed by atoms with Crippen molar-refractivity contribution in [2.75, 3.05) is 5.32 Å². The van der Waals surface area contributed by atoms with Gasteiger partial charge in [0.1, 0.15) is 4.88 Å². The van der Waals surface area contributed by atoms with Crippen LogP contribution in [0.5, 0.6) is 0 Å². The first-order valence-corrected chi connectivity index (χ1v) is 6.83. The van der Waals surface area contributed by atoms with Gasteiger partial charge in [0.15, 0.2) is 0 Å². The number of anilines is 1. The zero-order valence-corrected chi connectivity index (χ0v) is 11.8. The summed E-state index contributed by atoms with van der Waals surface area (Å²) in [5.74, 6) is -0.983. The van der Waals surface area contributed by atoms with E-state index < -0.39 is 17.7 Å². The van der Waals surface area contributed by atoms with E-state index in [0.717, 1.165) is 22.6 Å². The maximum atomic E-state index is 12.4. The van der Waals surface area contributed by atoms with Gasteiger partial charge in [-0.2, -0.15) is 13.2 Å². The number of nitrogens with one attached hydrogen (secondary N) is 1. The summed E-state index contributed by atoms with van der Waals surface area (Å²) >= 11 is 1.18. The first kappa shape index (κ1) is 15.4. The summed E-state index contributed by atoms with van der Waals surface area (Å²) in [7, 11) is 0. The molecule has 7 heteroatoms. The Morgan fingerprint density at radius 2 is 1.90 bits per heavy atom. The number of carboxylic acid groups (broad SMARTS) is 1. The molecule has 0 unspecified atom stereocenters. The maximum Gasteiger partial charge on any atom is 0.416 e. The van der Waals surface area contributed by atoms with E-state index in [4.69, 9.17) is 5.11 Å². The van der Waals surface area contributed by atoms with Gasteiger partial charge in [0, 0.05) is 17.1 Å². The summed E-state index contributed by atoms with van der Waals surface area (Å²) in [4.78, 5) is 12.0. The zero-order chi connectivity index (χ0) is 15.6. The normalized spacial score (nSPS) is 11.4. The third-order valence-electron chi connectivity index (χ3n) is 2.93. The van der Waals surface area contributed by atoms with Crippen molar-refractivity contribution in [2.45, 2.75) is 19.6 Å². The highest BCUT2D eigenvalue weighted by atomic mass is 32.1. The number of aromatic carboxylic acids is 1. The number of rotatable bonds is 4. The van der Waals surface area contributed by atoms with Gasteiger partial charge >= 0.3 is 12.1 Å². The van der Waals surface area contributed by atoms with Crippen molar-refractivity contribution in [3.8, 4) is 0 Å². The van der Waals surface area contributed by atoms with Crippen molar-refractivity contribution >= 4 is 23.0 Å². The fraction of sp³-hybridized carbons (Fsp3) is 0.214. The summed E-state index contributed by atoms with van der Waals surface area (Å²) in [6, 6.07) is 6.28. The molecule has 0 saturated heterocycles. The van der Waals surface area contributed by atoms with Gasteiger partial charge in [0.05, 0.1) is 5.56 Å². The SMILES string of the molecule is Cc1sc(C(=O)O)cc1CNc1ccc(C(F)(F)F)cc1. The lowest BCUT2D eigenvalue weighted by atomic mass is 10.2. The highest BCUT2D eigenvalue weighted by Gasteiger charge is 2.29. The molecule has 0 bridgehead atoms. The number of hydrogen-bond donors (Lipinski definition) is 2. The quantitative estimate of drug-likeness (QED) is 0.880. The molecule has 0 amide bonds. The van der Waals surface area contributed by atoms with Gasteiger partial charge in [0.25, 0.3) is 0 Å². The minimum absolute atomic E-state index is 0.247. The van der Waals surface area contributed by atoms with Crippen LogP contribution in [0, 0.1) is 6.92 Å². The molecular weight excluding hydrogens is 303 g/mol. The van der Waals surface area contributed by atoms with Crippen LogP contribution in [0.15, 0.2) is 30.3 Å². The molecular formula is C14H12F3NO2S. The van der Waals surface area contributed by atoms with Crippen molar-refractivity contribution in [1.29, 1.82) is 0 Å². The van der Waals surface area contributed by atoms with E-state index in [1.165, 1.54) is 23.5 Å². The van der Waals surface area contributed by atoms with E-state index in [9.17, 15) is 18.0 Å². The van der Waals surface area contributed by atoms with Gasteiger partial charge in [-0.1, -0.05) is 0 Å². The predicted molar refractivity (Wildman–Crippen MR) is 74.8 cm³/mol. The van der Waals surface area contributed by atoms with Crippen LogP contribution in [-0.4, -0.2) is 11.1 Å². The molecule has 0 radical (unpaired) electrons. The molecule has 0 saturated carbocycles. The smallest absolute Gasteiger partial charge is 0.416 e. The molecule has 112 valence electrons. The summed E-state index contributed by atoms with van der Waals surface area (Å²) in [6.07, 6.45) is -4.35. The molecule has 21 heavy (non-hydrogen) atoms. The Morgan fingerprint density at radius 1 is 1.29 bits per heavy atom. The fourth-order valence-electron chi connectivity index (χ4n) is 1.78. The third-order valence-corrected chi connectivity index (χ3v) is 4.01. The highest BCUT2D eigenvalue weighted by Crippen LogP contribution is 2.30. The average Bonchev–Trinajstić information content (AvgIpc) is 2.77. The largest absolute Gasteiger partial charge is 0.477 e. The highest BCUT2D eigenvalue weighted by molar-refractivity contribution is 7.14. The Hall–Kier alpha value is -2.02. The van der Waals surface area contributed by atoms with E-state index in [2.05, 4.69) is 5.32 Å². The van der Waals surface area contributed by atoms with Crippen LogP contribution in [0.3, 0.4) is 0 Å². The number of aryl methyl sites for hydroxylation is 1. The van der Waals surface area contributed by atoms with Crippen molar-refractivity contribution in [3.63, 3.8) is 0 Å². The number of thiophene rings is 1. The van der Waals surface area contributed by atoms with Gasteiger partial charge in [-0.15, -0.1) is 11.3 Å². The van der Waals surface area contributed by atoms with Crippen molar-refractivity contribution in [3.05, 3.63) is 51.2 Å². The molecule has 2 aromatic rings. The molecule has 0 fully saturated rings. The van der Waals surface area contributed by atoms with Crippen LogP contribution >= 0.6 is 11.3 Å². The van der Waals surface area contributed by atoms with Crippen molar-refractivity contribution in [2.24, 2.45) is 0 Å². The van der Waals surface area contributed by atoms with Crippen LogP contribution in [0.4, 0.5) is 18.9 Å². The summed E-state index contributed by atoms with van der Waals surface area (Å²) in [6.45, 7) is 2.17. The van der Waals surface area contributed by atoms with Gasteiger partial charge < -0.3 is 10.4 Å². The number of hydrogen-bond acceptors (Lipinski definition) is 3. The van der Waals surface area contributed by atoms with Crippen LogP contribution < -0.4 is 5.32 Å². The van der Waals surface area contributed by atoms with Crippen LogP contribution in [0.1, 0.15) is 25.7 Å². The van der Waals surface area contributed by atoms with E-state index >= 15 is 0 Å². The number of halogens is 3. The van der Waals surface area contributed by atoms with Crippen molar-refractivity contribution in [1.82, 2.24) is 0 Å². The predicted octanol–water partition coefficient (Wildman–Crippen LogP) is 4.39. The molecule has 1 heterocycles. The monoisotopic (exact) mass is 315 g/mol. The molecule has 0 aliphatic rings. The molecule has 0 atom stereocenters. The molecule has 1 aromatic heterocycles. The molecule has 0 aliphatic carbocycles. The molecule has 0 aliphatic heterocycles. The minimum Gasteiger partial charge on any atom is -0.477 e. The second-order valence-corrected chi connectivity index (χ2v) is 5.68. The number of carboxylic acids is 1. The minimum atomic E-state index is -4.35. The number of carbonyl (C=O) groups is 1. The van der Waals surface area contributed by atoms with Crippen LogP contribution in [0.2, 0.25) is 0 Å². The summed E-state index contributed by atoms with van der Waals surface area (Å²) in [5, 5.41) is 11.9. The lowest BCUT2D eigenvalue weighted by Crippen LogP contribution is -2.05. The molecule has 2 rings (SSSR count). The van der Waals surface area contributed by atoms with Crippen LogP contribution in [0.25, 0.3) is 0 Å². The van der Waals surface area contributed by atoms with E-state index in [-0.39, 0.29) is 4.88 Å². The summed E-state index contributed by atoms with van der Waals surface area (Å²) in [5.41, 5.74) is 0.663. The first-order valence-electron chi connectivity index (χ1n) is 6.01.